The van der Waals surface area contributed by atoms with Crippen LogP contribution in [0.5, 0.6) is 0 Å². The third-order valence-electron chi connectivity index (χ3n) is 2.40. The van der Waals surface area contributed by atoms with Crippen LogP contribution in [0.1, 0.15) is 11.3 Å². The van der Waals surface area contributed by atoms with E-state index in [0.717, 1.165) is 18.0 Å². The Morgan fingerprint density at radius 3 is 2.53 bits per heavy atom. The molecule has 0 atom stereocenters. The van der Waals surface area contributed by atoms with Crippen molar-refractivity contribution in [2.75, 3.05) is 11.9 Å². The van der Waals surface area contributed by atoms with Crippen molar-refractivity contribution >= 4 is 21.7 Å². The lowest BCUT2D eigenvalue weighted by atomic mass is 10.2. The molecule has 1 N–H and O–H groups in total. The minimum atomic E-state index is -4.36. The summed E-state index contributed by atoms with van der Waals surface area (Å²) < 4.78 is 42.9. The van der Waals surface area contributed by atoms with Gasteiger partial charge >= 0.3 is 6.18 Å². The minimum Gasteiger partial charge on any atom is -0.454 e. The molecular weight excluding hydrogens is 325 g/mol. The van der Waals surface area contributed by atoms with Gasteiger partial charge < -0.3 is 9.73 Å². The molecule has 0 amide bonds. The van der Waals surface area contributed by atoms with E-state index in [0.29, 0.717) is 23.5 Å². The Morgan fingerprint density at radius 2 is 2.00 bits per heavy atom. The highest BCUT2D eigenvalue weighted by atomic mass is 79.9. The Hall–Kier alpha value is -1.50. The monoisotopic (exact) mass is 334 g/mol. The van der Waals surface area contributed by atoms with E-state index in [1.165, 1.54) is 6.07 Å². The number of furan rings is 1. The van der Waals surface area contributed by atoms with Gasteiger partial charge in [-0.1, -0.05) is 0 Å². The van der Waals surface area contributed by atoms with Gasteiger partial charge in [-0.05, 0) is 40.2 Å². The molecule has 0 saturated heterocycles. The van der Waals surface area contributed by atoms with Gasteiger partial charge in [-0.15, -0.1) is 0 Å². The summed E-state index contributed by atoms with van der Waals surface area (Å²) in [7, 11) is 0. The third kappa shape index (κ3) is 3.99. The molecule has 0 unspecified atom stereocenters. The predicted molar refractivity (Wildman–Crippen MR) is 67.8 cm³/mol. The van der Waals surface area contributed by atoms with Crippen LogP contribution in [-0.2, 0) is 12.6 Å². The standard InChI is InChI=1S/C12H10BrF3N2O/c13-10-3-2-9(19-10)5-6-17-11-4-1-8(7-18-11)12(14,15)16/h1-4,7H,5-6H2,(H,17,18). The number of nitrogens with zero attached hydrogens (tertiary/aromatic N) is 1. The van der Waals surface area contributed by atoms with E-state index in [-0.39, 0.29) is 0 Å². The number of pyridine rings is 1. The molecule has 0 aliphatic rings. The quantitative estimate of drug-likeness (QED) is 0.914. The van der Waals surface area contributed by atoms with E-state index >= 15 is 0 Å². The van der Waals surface area contributed by atoms with Crippen LogP contribution in [0.15, 0.2) is 39.5 Å². The zero-order valence-electron chi connectivity index (χ0n) is 9.67. The molecule has 3 nitrogen and oxygen atoms in total. The van der Waals surface area contributed by atoms with Gasteiger partial charge in [-0.3, -0.25) is 0 Å². The maximum Gasteiger partial charge on any atom is 0.417 e. The van der Waals surface area contributed by atoms with Crippen molar-refractivity contribution in [2.45, 2.75) is 12.6 Å². The first-order valence-corrected chi connectivity index (χ1v) is 6.26. The van der Waals surface area contributed by atoms with Crippen LogP contribution in [0.25, 0.3) is 0 Å². The van der Waals surface area contributed by atoms with Gasteiger partial charge in [-0.2, -0.15) is 13.2 Å². The van der Waals surface area contributed by atoms with Gasteiger partial charge in [-0.25, -0.2) is 4.98 Å². The fourth-order valence-corrected chi connectivity index (χ4v) is 1.81. The van der Waals surface area contributed by atoms with Gasteiger partial charge in [0.15, 0.2) is 4.67 Å². The van der Waals surface area contributed by atoms with Crippen molar-refractivity contribution in [2.24, 2.45) is 0 Å². The van der Waals surface area contributed by atoms with Crippen molar-refractivity contribution in [1.29, 1.82) is 0 Å². The Balaban J connectivity index is 1.86. The second-order valence-electron chi connectivity index (χ2n) is 3.81. The van der Waals surface area contributed by atoms with E-state index in [2.05, 4.69) is 26.2 Å². The smallest absolute Gasteiger partial charge is 0.417 e. The topological polar surface area (TPSA) is 38.1 Å². The van der Waals surface area contributed by atoms with Crippen molar-refractivity contribution in [1.82, 2.24) is 4.98 Å². The zero-order valence-corrected chi connectivity index (χ0v) is 11.3. The molecule has 0 bridgehead atoms. The third-order valence-corrected chi connectivity index (χ3v) is 2.82. The number of hydrogen-bond donors (Lipinski definition) is 1. The van der Waals surface area contributed by atoms with Gasteiger partial charge in [0.1, 0.15) is 11.6 Å². The van der Waals surface area contributed by atoms with Crippen LogP contribution >= 0.6 is 15.9 Å². The number of halogens is 4. The first kappa shape index (κ1) is 13.9. The first-order valence-electron chi connectivity index (χ1n) is 5.46. The Labute approximate surface area is 116 Å². The van der Waals surface area contributed by atoms with Gasteiger partial charge in [0.2, 0.25) is 0 Å². The highest BCUT2D eigenvalue weighted by molar-refractivity contribution is 9.10. The molecule has 2 aromatic heterocycles. The maximum atomic E-state index is 12.3. The second-order valence-corrected chi connectivity index (χ2v) is 4.59. The van der Waals surface area contributed by atoms with Crippen molar-refractivity contribution in [3.63, 3.8) is 0 Å². The summed E-state index contributed by atoms with van der Waals surface area (Å²) in [4.78, 5) is 3.71. The summed E-state index contributed by atoms with van der Waals surface area (Å²) in [6, 6.07) is 5.91. The second kappa shape index (κ2) is 5.64. The molecule has 0 radical (unpaired) electrons. The summed E-state index contributed by atoms with van der Waals surface area (Å²) in [6.07, 6.45) is -2.92. The van der Waals surface area contributed by atoms with Gasteiger partial charge in [0.25, 0.3) is 0 Å². The Bertz CT molecular complexity index is 537. The molecule has 0 fully saturated rings. The van der Waals surface area contributed by atoms with Crippen LogP contribution in [0.3, 0.4) is 0 Å². The number of aromatic nitrogens is 1. The van der Waals surface area contributed by atoms with Crippen molar-refractivity contribution in [3.8, 4) is 0 Å². The zero-order chi connectivity index (χ0) is 13.9. The molecule has 0 aromatic carbocycles. The molecule has 2 rings (SSSR count). The molecule has 0 aliphatic carbocycles. The molecule has 0 aliphatic heterocycles. The molecule has 2 aromatic rings. The first-order chi connectivity index (χ1) is 8.95. The van der Waals surface area contributed by atoms with E-state index in [1.54, 1.807) is 6.07 Å². The SMILES string of the molecule is FC(F)(F)c1ccc(NCCc2ccc(Br)o2)nc1. The maximum absolute atomic E-state index is 12.3. The molecular formula is C12H10BrF3N2O. The van der Waals surface area contributed by atoms with Gasteiger partial charge in [0.05, 0.1) is 5.56 Å². The van der Waals surface area contributed by atoms with E-state index < -0.39 is 11.7 Å². The lowest BCUT2D eigenvalue weighted by Gasteiger charge is -2.08. The summed E-state index contributed by atoms with van der Waals surface area (Å²) >= 11 is 3.19. The lowest BCUT2D eigenvalue weighted by molar-refractivity contribution is -0.137. The highest BCUT2D eigenvalue weighted by Gasteiger charge is 2.30. The van der Waals surface area contributed by atoms with Crippen molar-refractivity contribution in [3.05, 3.63) is 46.5 Å². The Morgan fingerprint density at radius 1 is 1.21 bits per heavy atom. The van der Waals surface area contributed by atoms with Crippen LogP contribution in [0.2, 0.25) is 0 Å². The van der Waals surface area contributed by atoms with E-state index in [4.69, 9.17) is 4.42 Å². The average molecular weight is 335 g/mol. The fraction of sp³-hybridized carbons (Fsp3) is 0.250. The summed E-state index contributed by atoms with van der Waals surface area (Å²) in [5.74, 6) is 1.19. The summed E-state index contributed by atoms with van der Waals surface area (Å²) in [5, 5.41) is 2.93. The molecule has 0 spiro atoms. The molecule has 0 saturated carbocycles. The largest absolute Gasteiger partial charge is 0.454 e. The normalized spacial score (nSPS) is 11.6. The molecule has 102 valence electrons. The number of rotatable bonds is 4. The summed E-state index contributed by atoms with van der Waals surface area (Å²) in [5.41, 5.74) is -0.756. The fourth-order valence-electron chi connectivity index (χ4n) is 1.47. The van der Waals surface area contributed by atoms with Crippen LogP contribution in [-0.4, -0.2) is 11.5 Å². The van der Waals surface area contributed by atoms with E-state index in [1.807, 2.05) is 6.07 Å². The minimum absolute atomic E-state index is 0.402. The number of hydrogen-bond acceptors (Lipinski definition) is 3. The molecule has 19 heavy (non-hydrogen) atoms. The van der Waals surface area contributed by atoms with Crippen LogP contribution in [0.4, 0.5) is 19.0 Å². The summed E-state index contributed by atoms with van der Waals surface area (Å²) in [6.45, 7) is 0.526. The van der Waals surface area contributed by atoms with Crippen LogP contribution in [0, 0.1) is 0 Å². The highest BCUT2D eigenvalue weighted by Crippen LogP contribution is 2.28. The average Bonchev–Trinajstić information content (AvgIpc) is 2.75. The van der Waals surface area contributed by atoms with Crippen LogP contribution < -0.4 is 5.32 Å². The Kier molecular flexibility index (Phi) is 4.14. The number of anilines is 1. The van der Waals surface area contributed by atoms with E-state index in [9.17, 15) is 13.2 Å². The van der Waals surface area contributed by atoms with Crippen molar-refractivity contribution < 1.29 is 17.6 Å². The predicted octanol–water partition coefficient (Wildman–Crippen LogP) is 4.11. The number of alkyl halides is 3. The van der Waals surface area contributed by atoms with Gasteiger partial charge in [0, 0.05) is 19.2 Å². The lowest BCUT2D eigenvalue weighted by Crippen LogP contribution is -2.08. The molecule has 7 heteroatoms. The number of nitrogens with one attached hydrogen (secondary N) is 1. The molecule has 2 heterocycles.